The number of rotatable bonds is 5. The second-order valence-electron chi connectivity index (χ2n) is 3.33. The lowest BCUT2D eigenvalue weighted by atomic mass is 10.2. The molecule has 0 aromatic heterocycles. The van der Waals surface area contributed by atoms with Crippen molar-refractivity contribution in [2.45, 2.75) is 0 Å². The smallest absolute Gasteiger partial charge is 0.328 e. The molecule has 0 radical (unpaired) electrons. The molecule has 0 aliphatic carbocycles. The molecule has 0 fully saturated rings. The molecule has 0 atom stereocenters. The van der Waals surface area contributed by atoms with Crippen LogP contribution in [0.3, 0.4) is 0 Å². The van der Waals surface area contributed by atoms with E-state index in [1.165, 1.54) is 0 Å². The zero-order chi connectivity index (χ0) is 14.4. The molecule has 0 saturated carbocycles. The Kier molecular flexibility index (Phi) is 5.79. The van der Waals surface area contributed by atoms with Crippen molar-refractivity contribution in [2.24, 2.45) is 0 Å². The summed E-state index contributed by atoms with van der Waals surface area (Å²) in [5.74, 6) is -3.77. The van der Waals surface area contributed by atoms with Crippen molar-refractivity contribution in [1.29, 1.82) is 0 Å². The fourth-order valence-corrected chi connectivity index (χ4v) is 1.27. The number of carboxylic acid groups (broad SMARTS) is 1. The van der Waals surface area contributed by atoms with Crippen LogP contribution in [0.4, 0.5) is 8.78 Å². The van der Waals surface area contributed by atoms with E-state index < -0.39 is 23.4 Å². The van der Waals surface area contributed by atoms with Crippen LogP contribution < -0.4 is 4.74 Å². The highest BCUT2D eigenvalue weighted by Crippen LogP contribution is 2.24. The Morgan fingerprint density at radius 3 is 2.42 bits per heavy atom. The number of benzene rings is 1. The van der Waals surface area contributed by atoms with E-state index in [0.29, 0.717) is 0 Å². The highest BCUT2D eigenvalue weighted by Gasteiger charge is 2.12. The molecule has 1 N–H and O–H groups in total. The largest absolute Gasteiger partial charge is 0.482 e. The Bertz CT molecular complexity index is 519. The van der Waals surface area contributed by atoms with Gasteiger partial charge in [-0.2, -0.15) is 0 Å². The summed E-state index contributed by atoms with van der Waals surface area (Å²) in [6.07, 6.45) is 1.83. The molecule has 102 valence electrons. The molecule has 19 heavy (non-hydrogen) atoms. The topological polar surface area (TPSA) is 46.5 Å². The van der Waals surface area contributed by atoms with Crippen molar-refractivity contribution in [3.05, 3.63) is 46.0 Å². The van der Waals surface area contributed by atoms with Gasteiger partial charge in [0.25, 0.3) is 0 Å². The van der Waals surface area contributed by atoms with Crippen molar-refractivity contribution < 1.29 is 23.4 Å². The lowest BCUT2D eigenvalue weighted by Gasteiger charge is -2.08. The molecular formula is C12H8Cl2F2O3. The van der Waals surface area contributed by atoms with E-state index in [0.717, 1.165) is 29.8 Å². The zero-order valence-corrected chi connectivity index (χ0v) is 10.9. The van der Waals surface area contributed by atoms with Crippen LogP contribution in [0.25, 0.3) is 6.08 Å². The Labute approximate surface area is 117 Å². The first kappa shape index (κ1) is 15.5. The van der Waals surface area contributed by atoms with E-state index in [-0.39, 0.29) is 17.2 Å². The van der Waals surface area contributed by atoms with Gasteiger partial charge in [-0.15, -0.1) is 0 Å². The van der Waals surface area contributed by atoms with Crippen LogP contribution in [0.15, 0.2) is 28.8 Å². The Balaban J connectivity index is 2.94. The Morgan fingerprint density at radius 1 is 1.37 bits per heavy atom. The average molecular weight is 309 g/mol. The maximum absolute atomic E-state index is 13.5. The molecule has 3 nitrogen and oxygen atoms in total. The van der Waals surface area contributed by atoms with Gasteiger partial charge in [0, 0.05) is 11.6 Å². The molecule has 1 aromatic rings. The number of aliphatic carboxylic acids is 1. The van der Waals surface area contributed by atoms with E-state index >= 15 is 0 Å². The van der Waals surface area contributed by atoms with Crippen molar-refractivity contribution in [3.8, 4) is 5.75 Å². The summed E-state index contributed by atoms with van der Waals surface area (Å²) in [7, 11) is 0. The maximum Gasteiger partial charge on any atom is 0.328 e. The second kappa shape index (κ2) is 7.11. The lowest BCUT2D eigenvalue weighted by Crippen LogP contribution is -2.02. The second-order valence-corrected chi connectivity index (χ2v) is 4.03. The van der Waals surface area contributed by atoms with E-state index in [4.69, 9.17) is 33.0 Å². The number of hydrogen-bond acceptors (Lipinski definition) is 2. The molecule has 0 unspecified atom stereocenters. The molecule has 0 heterocycles. The van der Waals surface area contributed by atoms with Gasteiger partial charge in [0.05, 0.1) is 5.03 Å². The zero-order valence-electron chi connectivity index (χ0n) is 9.37. The third kappa shape index (κ3) is 4.89. The molecule has 0 spiro atoms. The van der Waals surface area contributed by atoms with Gasteiger partial charge in [0.2, 0.25) is 0 Å². The highest BCUT2D eigenvalue weighted by atomic mass is 35.5. The van der Waals surface area contributed by atoms with Crippen molar-refractivity contribution >= 4 is 35.2 Å². The highest BCUT2D eigenvalue weighted by molar-refractivity contribution is 6.36. The number of carboxylic acids is 1. The third-order valence-electron chi connectivity index (χ3n) is 1.91. The van der Waals surface area contributed by atoms with Crippen molar-refractivity contribution in [2.75, 3.05) is 6.61 Å². The van der Waals surface area contributed by atoms with E-state index in [1.54, 1.807) is 0 Å². The van der Waals surface area contributed by atoms with Gasteiger partial charge in [-0.05, 0) is 23.8 Å². The van der Waals surface area contributed by atoms with Crippen LogP contribution in [0.1, 0.15) is 5.56 Å². The normalized spacial score (nSPS) is 11.9. The molecule has 0 bridgehead atoms. The van der Waals surface area contributed by atoms with E-state index in [9.17, 15) is 13.6 Å². The lowest BCUT2D eigenvalue weighted by molar-refractivity contribution is -0.131. The van der Waals surface area contributed by atoms with Crippen molar-refractivity contribution in [1.82, 2.24) is 0 Å². The van der Waals surface area contributed by atoms with E-state index in [2.05, 4.69) is 0 Å². The minimum Gasteiger partial charge on any atom is -0.482 e. The number of ether oxygens (including phenoxy) is 1. The van der Waals surface area contributed by atoms with Crippen LogP contribution in [0.5, 0.6) is 5.75 Å². The maximum atomic E-state index is 13.5. The minimum atomic E-state index is -1.22. The Morgan fingerprint density at radius 2 is 1.95 bits per heavy atom. The van der Waals surface area contributed by atoms with Gasteiger partial charge in [-0.3, -0.25) is 0 Å². The third-order valence-corrected chi connectivity index (χ3v) is 2.51. The van der Waals surface area contributed by atoms with Gasteiger partial charge in [0.1, 0.15) is 6.61 Å². The monoisotopic (exact) mass is 308 g/mol. The van der Waals surface area contributed by atoms with Crippen LogP contribution in [0.2, 0.25) is 0 Å². The molecule has 1 rings (SSSR count). The molecule has 0 amide bonds. The van der Waals surface area contributed by atoms with Gasteiger partial charge in [-0.1, -0.05) is 23.2 Å². The van der Waals surface area contributed by atoms with Crippen molar-refractivity contribution in [3.63, 3.8) is 0 Å². The average Bonchev–Trinajstić information content (AvgIpc) is 2.34. The summed E-state index contributed by atoms with van der Waals surface area (Å²) in [5.41, 5.74) is 1.07. The number of hydrogen-bond donors (Lipinski definition) is 1. The standard InChI is InChI=1S/C12H8Cl2F2O3/c13-5-8(14)6-19-12-9(15)3-7(4-10(12)16)1-2-11(17)18/h1-5H,6H2,(H,17,18). The summed E-state index contributed by atoms with van der Waals surface area (Å²) in [6.45, 7) is -0.275. The summed E-state index contributed by atoms with van der Waals surface area (Å²) >= 11 is 10.8. The number of halogens is 4. The van der Waals surface area contributed by atoms with Gasteiger partial charge in [0.15, 0.2) is 17.4 Å². The molecular weight excluding hydrogens is 301 g/mol. The van der Waals surface area contributed by atoms with Gasteiger partial charge >= 0.3 is 5.97 Å². The fraction of sp³-hybridized carbons (Fsp3) is 0.0833. The first-order chi connectivity index (χ1) is 8.93. The van der Waals surface area contributed by atoms with Gasteiger partial charge in [-0.25, -0.2) is 13.6 Å². The van der Waals surface area contributed by atoms with Crippen LogP contribution >= 0.6 is 23.2 Å². The predicted octanol–water partition coefficient (Wildman–Crippen LogP) is 3.76. The summed E-state index contributed by atoms with van der Waals surface area (Å²) in [5, 5.41) is 8.49. The fourth-order valence-electron chi connectivity index (χ4n) is 1.15. The molecule has 1 aromatic carbocycles. The predicted molar refractivity (Wildman–Crippen MR) is 68.3 cm³/mol. The first-order valence-corrected chi connectivity index (χ1v) is 5.73. The quantitative estimate of drug-likeness (QED) is 0.842. The summed E-state index contributed by atoms with van der Waals surface area (Å²) in [6, 6.07) is 1.88. The molecule has 0 saturated heterocycles. The first-order valence-electron chi connectivity index (χ1n) is 4.91. The van der Waals surface area contributed by atoms with Crippen LogP contribution in [-0.2, 0) is 4.79 Å². The molecule has 0 aliphatic rings. The summed E-state index contributed by atoms with van der Waals surface area (Å²) in [4.78, 5) is 10.3. The van der Waals surface area contributed by atoms with E-state index in [1.807, 2.05) is 0 Å². The van der Waals surface area contributed by atoms with Crippen LogP contribution in [-0.4, -0.2) is 17.7 Å². The summed E-state index contributed by atoms with van der Waals surface area (Å²) < 4.78 is 31.9. The SMILES string of the molecule is O=C(O)C=Cc1cc(F)c(OCC(Cl)=CCl)c(F)c1. The minimum absolute atomic E-state index is 0.0590. The van der Waals surface area contributed by atoms with Gasteiger partial charge < -0.3 is 9.84 Å². The molecule has 7 heteroatoms. The van der Waals surface area contributed by atoms with Crippen LogP contribution in [0, 0.1) is 11.6 Å². The number of carbonyl (C=O) groups is 1. The Hall–Kier alpha value is -1.59. The molecule has 0 aliphatic heterocycles.